The van der Waals surface area contributed by atoms with Gasteiger partial charge in [0.2, 0.25) is 5.96 Å². The molecule has 1 aromatic carbocycles. The SMILES string of the molecule is CCCCCN=C(N)N/N=C\c1c[nH]c2ccc(OC)cc12.CCS(=O)(=O)O. The average Bonchev–Trinajstić information content (AvgIpc) is 3.07. The fraction of sp³-hybridized carbons (Fsp3) is 0.444. The van der Waals surface area contributed by atoms with Crippen molar-refractivity contribution < 1.29 is 17.7 Å². The molecule has 0 radical (unpaired) electrons. The summed E-state index contributed by atoms with van der Waals surface area (Å²) in [6.45, 7) is 4.26. The molecule has 1 heterocycles. The van der Waals surface area contributed by atoms with Crippen molar-refractivity contribution in [3.8, 4) is 5.75 Å². The molecular weight excluding hydrogens is 382 g/mol. The topological polar surface area (TPSA) is 142 Å². The number of fused-ring (bicyclic) bond motifs is 1. The number of nitrogens with zero attached hydrogens (tertiary/aromatic N) is 2. The first kappa shape index (κ1) is 23.4. The molecule has 0 fully saturated rings. The molecule has 0 spiro atoms. The zero-order valence-corrected chi connectivity index (χ0v) is 17.3. The number of hydrogen-bond donors (Lipinski definition) is 4. The van der Waals surface area contributed by atoms with Gasteiger partial charge in [0.1, 0.15) is 5.75 Å². The van der Waals surface area contributed by atoms with Crippen LogP contribution in [0.15, 0.2) is 34.5 Å². The molecule has 0 aliphatic carbocycles. The lowest BCUT2D eigenvalue weighted by atomic mass is 10.2. The molecule has 10 heteroatoms. The molecule has 28 heavy (non-hydrogen) atoms. The van der Waals surface area contributed by atoms with Crippen molar-refractivity contribution in [3.05, 3.63) is 30.0 Å². The number of benzene rings is 1. The molecule has 0 bridgehead atoms. The number of unbranched alkanes of at least 4 members (excludes halogenated alkanes) is 2. The normalized spacial score (nSPS) is 12.1. The van der Waals surface area contributed by atoms with E-state index in [4.69, 9.17) is 15.0 Å². The van der Waals surface area contributed by atoms with E-state index in [0.29, 0.717) is 5.96 Å². The van der Waals surface area contributed by atoms with Crippen LogP contribution in [0.5, 0.6) is 5.75 Å². The molecule has 0 amide bonds. The predicted molar refractivity (Wildman–Crippen MR) is 114 cm³/mol. The second kappa shape index (κ2) is 12.0. The van der Waals surface area contributed by atoms with Crippen LogP contribution < -0.4 is 15.9 Å². The maximum Gasteiger partial charge on any atom is 0.264 e. The Kier molecular flexibility index (Phi) is 10.0. The molecule has 0 saturated carbocycles. The Balaban J connectivity index is 0.000000568. The fourth-order valence-corrected chi connectivity index (χ4v) is 2.12. The highest BCUT2D eigenvalue weighted by molar-refractivity contribution is 7.85. The molecule has 2 aromatic rings. The van der Waals surface area contributed by atoms with Gasteiger partial charge in [0.25, 0.3) is 10.1 Å². The standard InChI is InChI=1S/C16H23N5O.C2H6O3S/c1-3-4-5-8-18-16(17)21-20-11-12-10-19-15-7-6-13(22-2)9-14(12)15;1-2-6(3,4)5/h6-7,9-11,19H,3-5,8H2,1-2H3,(H3,17,18,21);2H2,1H3,(H,3,4,5)/b20-11-;. The van der Waals surface area contributed by atoms with Crippen molar-refractivity contribution in [2.24, 2.45) is 15.8 Å². The van der Waals surface area contributed by atoms with Crippen molar-refractivity contribution in [1.29, 1.82) is 0 Å². The molecule has 0 saturated heterocycles. The zero-order chi connectivity index (χ0) is 21.0. The summed E-state index contributed by atoms with van der Waals surface area (Å²) in [4.78, 5) is 7.40. The number of hydrogen-bond acceptors (Lipinski definition) is 5. The van der Waals surface area contributed by atoms with E-state index in [-0.39, 0.29) is 5.75 Å². The first-order valence-corrected chi connectivity index (χ1v) is 10.6. The van der Waals surface area contributed by atoms with E-state index in [1.807, 2.05) is 24.4 Å². The number of aliphatic imine (C=N–C) groups is 1. The Morgan fingerprint density at radius 1 is 1.36 bits per heavy atom. The van der Waals surface area contributed by atoms with Gasteiger partial charge in [-0.25, -0.2) is 5.43 Å². The highest BCUT2D eigenvalue weighted by Crippen LogP contribution is 2.22. The number of nitrogens with one attached hydrogen (secondary N) is 2. The number of hydrazone groups is 1. The van der Waals surface area contributed by atoms with Crippen LogP contribution in [-0.4, -0.2) is 49.5 Å². The number of nitrogens with two attached hydrogens (primary N) is 1. The summed E-state index contributed by atoms with van der Waals surface area (Å²) in [7, 11) is -2.01. The van der Waals surface area contributed by atoms with Gasteiger partial charge in [0.15, 0.2) is 0 Å². The number of rotatable bonds is 8. The van der Waals surface area contributed by atoms with Crippen molar-refractivity contribution in [2.75, 3.05) is 19.4 Å². The van der Waals surface area contributed by atoms with Crippen LogP contribution >= 0.6 is 0 Å². The number of H-pyrrole nitrogens is 1. The van der Waals surface area contributed by atoms with E-state index in [1.165, 1.54) is 13.3 Å². The Hall–Kier alpha value is -2.59. The number of aromatic amines is 1. The van der Waals surface area contributed by atoms with Crippen molar-refractivity contribution >= 4 is 33.2 Å². The summed E-state index contributed by atoms with van der Waals surface area (Å²) < 4.78 is 32.2. The number of aromatic nitrogens is 1. The average molecular weight is 412 g/mol. The van der Waals surface area contributed by atoms with E-state index in [2.05, 4.69) is 27.4 Å². The zero-order valence-electron chi connectivity index (χ0n) is 16.5. The third-order valence-electron chi connectivity index (χ3n) is 3.71. The largest absolute Gasteiger partial charge is 0.497 e. The molecule has 0 atom stereocenters. The maximum atomic E-state index is 9.56. The minimum absolute atomic E-state index is 0.201. The van der Waals surface area contributed by atoms with E-state index in [1.54, 1.807) is 13.3 Å². The lowest BCUT2D eigenvalue weighted by molar-refractivity contribution is 0.415. The summed E-state index contributed by atoms with van der Waals surface area (Å²) in [5, 5.41) is 5.17. The minimum atomic E-state index is -3.66. The molecule has 5 N–H and O–H groups in total. The van der Waals surface area contributed by atoms with Crippen LogP contribution in [0.3, 0.4) is 0 Å². The lowest BCUT2D eigenvalue weighted by Crippen LogP contribution is -2.27. The van der Waals surface area contributed by atoms with Crippen LogP contribution in [0.1, 0.15) is 38.7 Å². The van der Waals surface area contributed by atoms with E-state index >= 15 is 0 Å². The van der Waals surface area contributed by atoms with Gasteiger partial charge in [-0.3, -0.25) is 9.55 Å². The van der Waals surface area contributed by atoms with E-state index < -0.39 is 10.1 Å². The Morgan fingerprint density at radius 3 is 2.68 bits per heavy atom. The van der Waals surface area contributed by atoms with Gasteiger partial charge in [-0.15, -0.1) is 0 Å². The first-order chi connectivity index (χ1) is 13.3. The third-order valence-corrected chi connectivity index (χ3v) is 4.44. The van der Waals surface area contributed by atoms with Crippen LogP contribution in [0, 0.1) is 0 Å². The highest BCUT2D eigenvalue weighted by Gasteiger charge is 2.03. The minimum Gasteiger partial charge on any atom is -0.497 e. The van der Waals surface area contributed by atoms with Crippen molar-refractivity contribution in [2.45, 2.75) is 33.1 Å². The first-order valence-electron chi connectivity index (χ1n) is 9.00. The Labute approximate surface area is 165 Å². The molecule has 0 unspecified atom stereocenters. The second-order valence-electron chi connectivity index (χ2n) is 5.87. The predicted octanol–water partition coefficient (Wildman–Crippen LogP) is 2.50. The van der Waals surface area contributed by atoms with Crippen LogP contribution in [0.2, 0.25) is 0 Å². The molecular formula is C18H29N5O4S. The van der Waals surface area contributed by atoms with Gasteiger partial charge in [0.05, 0.1) is 19.1 Å². The molecule has 156 valence electrons. The monoisotopic (exact) mass is 411 g/mol. The Bertz CT molecular complexity index is 891. The highest BCUT2D eigenvalue weighted by atomic mass is 32.2. The fourth-order valence-electron chi connectivity index (χ4n) is 2.12. The van der Waals surface area contributed by atoms with Crippen molar-refractivity contribution in [1.82, 2.24) is 10.4 Å². The van der Waals surface area contributed by atoms with Crippen LogP contribution in [0.25, 0.3) is 10.9 Å². The summed E-state index contributed by atoms with van der Waals surface area (Å²) in [6.07, 6.45) is 6.99. The van der Waals surface area contributed by atoms with Gasteiger partial charge in [-0.2, -0.15) is 13.5 Å². The molecule has 1 aromatic heterocycles. The number of guanidine groups is 1. The summed E-state index contributed by atoms with van der Waals surface area (Å²) in [5.41, 5.74) is 10.5. The smallest absolute Gasteiger partial charge is 0.264 e. The quantitative estimate of drug-likeness (QED) is 0.173. The van der Waals surface area contributed by atoms with E-state index in [0.717, 1.165) is 41.6 Å². The maximum absolute atomic E-state index is 9.56. The summed E-state index contributed by atoms with van der Waals surface area (Å²) in [5.74, 6) is 0.948. The van der Waals surface area contributed by atoms with Gasteiger partial charge in [0, 0.05) is 29.2 Å². The van der Waals surface area contributed by atoms with Gasteiger partial charge >= 0.3 is 0 Å². The molecule has 0 aliphatic rings. The third kappa shape index (κ3) is 8.87. The number of methoxy groups -OCH3 is 1. The molecule has 2 rings (SSSR count). The summed E-state index contributed by atoms with van der Waals surface area (Å²) in [6, 6.07) is 5.86. The molecule has 0 aliphatic heterocycles. The molecule has 9 nitrogen and oxygen atoms in total. The van der Waals surface area contributed by atoms with Gasteiger partial charge in [-0.05, 0) is 31.5 Å². The van der Waals surface area contributed by atoms with Gasteiger partial charge in [-0.1, -0.05) is 19.8 Å². The second-order valence-corrected chi connectivity index (χ2v) is 7.61. The summed E-state index contributed by atoms with van der Waals surface area (Å²) >= 11 is 0. The van der Waals surface area contributed by atoms with E-state index in [9.17, 15) is 8.42 Å². The van der Waals surface area contributed by atoms with Crippen LogP contribution in [-0.2, 0) is 10.1 Å². The van der Waals surface area contributed by atoms with Gasteiger partial charge < -0.3 is 15.5 Å². The van der Waals surface area contributed by atoms with Crippen LogP contribution in [0.4, 0.5) is 0 Å². The number of ether oxygens (including phenoxy) is 1. The van der Waals surface area contributed by atoms with Crippen molar-refractivity contribution in [3.63, 3.8) is 0 Å². The lowest BCUT2D eigenvalue weighted by Gasteiger charge is -2.00. The Morgan fingerprint density at radius 2 is 2.07 bits per heavy atom.